The number of nitrogens with zero attached hydrogens (tertiary/aromatic N) is 2. The van der Waals surface area contributed by atoms with Crippen LogP contribution in [0.2, 0.25) is 0 Å². The van der Waals surface area contributed by atoms with E-state index < -0.39 is 0 Å². The molecule has 0 amide bonds. The molecule has 0 aliphatic carbocycles. The van der Waals surface area contributed by atoms with Crippen LogP contribution >= 0.6 is 15.9 Å². The molecule has 0 saturated heterocycles. The van der Waals surface area contributed by atoms with Gasteiger partial charge in [0.15, 0.2) is 0 Å². The third-order valence-electron chi connectivity index (χ3n) is 3.11. The summed E-state index contributed by atoms with van der Waals surface area (Å²) in [6.45, 7) is 10.4. The molecular formula is C16H19BrN2O. The zero-order valence-corrected chi connectivity index (χ0v) is 14.1. The highest BCUT2D eigenvalue weighted by molar-refractivity contribution is 9.10. The van der Waals surface area contributed by atoms with Gasteiger partial charge in [0.2, 0.25) is 5.88 Å². The van der Waals surface area contributed by atoms with Crippen molar-refractivity contribution in [1.82, 2.24) is 9.97 Å². The predicted molar refractivity (Wildman–Crippen MR) is 84.4 cm³/mol. The normalized spacial score (nSPS) is 11.5. The Morgan fingerprint density at radius 2 is 1.80 bits per heavy atom. The van der Waals surface area contributed by atoms with Gasteiger partial charge in [-0.3, -0.25) is 0 Å². The molecule has 1 heterocycles. The Kier molecular flexibility index (Phi) is 4.14. The molecule has 0 spiro atoms. The highest BCUT2D eigenvalue weighted by atomic mass is 79.9. The van der Waals surface area contributed by atoms with E-state index in [0.717, 1.165) is 21.7 Å². The summed E-state index contributed by atoms with van der Waals surface area (Å²) in [7, 11) is 0. The molecular weight excluding hydrogens is 316 g/mol. The van der Waals surface area contributed by atoms with Gasteiger partial charge < -0.3 is 4.74 Å². The number of hydrogen-bond donors (Lipinski definition) is 0. The van der Waals surface area contributed by atoms with Gasteiger partial charge >= 0.3 is 0 Å². The third-order valence-corrected chi connectivity index (χ3v) is 3.52. The second kappa shape index (κ2) is 5.52. The van der Waals surface area contributed by atoms with Crippen LogP contribution < -0.4 is 4.74 Å². The quantitative estimate of drug-likeness (QED) is 0.729. The summed E-state index contributed by atoms with van der Waals surface area (Å²) in [5.41, 5.74) is 2.20. The van der Waals surface area contributed by atoms with Gasteiger partial charge in [0.25, 0.3) is 0 Å². The van der Waals surface area contributed by atoms with Crippen molar-refractivity contribution in [3.05, 3.63) is 45.8 Å². The standard InChI is InChI=1S/C16H19BrN2O/c1-10-7-6-8-12(11(10)2)20-14-9-13(17)18-15(19-14)16(3,4)5/h6-9H,1-5H3. The third kappa shape index (κ3) is 3.37. The van der Waals surface area contributed by atoms with Crippen LogP contribution in [0.3, 0.4) is 0 Å². The summed E-state index contributed by atoms with van der Waals surface area (Å²) in [5.74, 6) is 2.15. The van der Waals surface area contributed by atoms with Gasteiger partial charge in [-0.25, -0.2) is 4.98 Å². The lowest BCUT2D eigenvalue weighted by molar-refractivity contribution is 0.441. The fraction of sp³-hybridized carbons (Fsp3) is 0.375. The zero-order valence-electron chi connectivity index (χ0n) is 12.5. The van der Waals surface area contributed by atoms with Gasteiger partial charge in [-0.2, -0.15) is 4.98 Å². The molecule has 2 aromatic rings. The second-order valence-electron chi connectivity index (χ2n) is 5.90. The maximum Gasteiger partial charge on any atom is 0.223 e. The number of halogens is 1. The average Bonchev–Trinajstić information content (AvgIpc) is 2.33. The summed E-state index contributed by atoms with van der Waals surface area (Å²) >= 11 is 3.42. The van der Waals surface area contributed by atoms with Crippen molar-refractivity contribution in [3.63, 3.8) is 0 Å². The van der Waals surface area contributed by atoms with Crippen LogP contribution in [-0.2, 0) is 5.41 Å². The molecule has 0 saturated carbocycles. The summed E-state index contributed by atoms with van der Waals surface area (Å²) in [6.07, 6.45) is 0. The highest BCUT2D eigenvalue weighted by Gasteiger charge is 2.19. The van der Waals surface area contributed by atoms with Gasteiger partial charge in [-0.1, -0.05) is 32.9 Å². The molecule has 20 heavy (non-hydrogen) atoms. The Morgan fingerprint density at radius 3 is 2.45 bits per heavy atom. The number of rotatable bonds is 2. The molecule has 3 nitrogen and oxygen atoms in total. The maximum absolute atomic E-state index is 5.93. The zero-order chi connectivity index (χ0) is 14.9. The average molecular weight is 335 g/mol. The minimum Gasteiger partial charge on any atom is -0.439 e. The first-order chi connectivity index (χ1) is 9.27. The summed E-state index contributed by atoms with van der Waals surface area (Å²) in [6, 6.07) is 7.80. The lowest BCUT2D eigenvalue weighted by Crippen LogP contribution is -2.16. The van der Waals surface area contributed by atoms with Gasteiger partial charge in [0.1, 0.15) is 16.2 Å². The maximum atomic E-state index is 5.93. The van der Waals surface area contributed by atoms with Gasteiger partial charge in [0.05, 0.1) is 0 Å². The number of aromatic nitrogens is 2. The van der Waals surface area contributed by atoms with Crippen LogP contribution in [0.5, 0.6) is 11.6 Å². The van der Waals surface area contributed by atoms with Crippen molar-refractivity contribution in [3.8, 4) is 11.6 Å². The van der Waals surface area contributed by atoms with E-state index in [9.17, 15) is 0 Å². The molecule has 0 aliphatic rings. The van der Waals surface area contributed by atoms with E-state index in [0.29, 0.717) is 5.88 Å². The van der Waals surface area contributed by atoms with E-state index in [4.69, 9.17) is 4.74 Å². The summed E-state index contributed by atoms with van der Waals surface area (Å²) < 4.78 is 6.66. The Bertz CT molecular complexity index is 633. The Labute approximate surface area is 128 Å². The molecule has 0 unspecified atom stereocenters. The van der Waals surface area contributed by atoms with Crippen LogP contribution in [-0.4, -0.2) is 9.97 Å². The molecule has 0 N–H and O–H groups in total. The van der Waals surface area contributed by atoms with Crippen LogP contribution in [0.1, 0.15) is 37.7 Å². The Hall–Kier alpha value is -1.42. The number of aryl methyl sites for hydroxylation is 1. The summed E-state index contributed by atoms with van der Waals surface area (Å²) in [5, 5.41) is 0. The number of ether oxygens (including phenoxy) is 1. The minimum absolute atomic E-state index is 0.121. The smallest absolute Gasteiger partial charge is 0.223 e. The molecule has 4 heteroatoms. The van der Waals surface area contributed by atoms with Gasteiger partial charge in [-0.05, 0) is 47.0 Å². The molecule has 0 bridgehead atoms. The lowest BCUT2D eigenvalue weighted by atomic mass is 9.96. The van der Waals surface area contributed by atoms with Crippen LogP contribution in [0, 0.1) is 13.8 Å². The van der Waals surface area contributed by atoms with E-state index in [-0.39, 0.29) is 5.41 Å². The molecule has 0 radical (unpaired) electrons. The topological polar surface area (TPSA) is 35.0 Å². The first-order valence-corrected chi connectivity index (χ1v) is 7.36. The molecule has 1 aromatic carbocycles. The van der Waals surface area contributed by atoms with E-state index >= 15 is 0 Å². The van der Waals surface area contributed by atoms with Gasteiger partial charge in [0, 0.05) is 11.5 Å². The molecule has 106 valence electrons. The molecule has 1 aromatic heterocycles. The largest absolute Gasteiger partial charge is 0.439 e. The Balaban J connectivity index is 2.39. The van der Waals surface area contributed by atoms with Gasteiger partial charge in [-0.15, -0.1) is 0 Å². The number of hydrogen-bond acceptors (Lipinski definition) is 3. The van der Waals surface area contributed by atoms with Crippen molar-refractivity contribution < 1.29 is 4.74 Å². The van der Waals surface area contributed by atoms with Crippen molar-refractivity contribution in [2.75, 3.05) is 0 Å². The second-order valence-corrected chi connectivity index (χ2v) is 6.72. The van der Waals surface area contributed by atoms with Crippen LogP contribution in [0.15, 0.2) is 28.9 Å². The molecule has 2 rings (SSSR count). The number of benzene rings is 1. The fourth-order valence-electron chi connectivity index (χ4n) is 1.73. The van der Waals surface area contributed by atoms with Crippen molar-refractivity contribution in [2.24, 2.45) is 0 Å². The first kappa shape index (κ1) is 15.0. The fourth-order valence-corrected chi connectivity index (χ4v) is 2.10. The van der Waals surface area contributed by atoms with E-state index in [1.165, 1.54) is 5.56 Å². The monoisotopic (exact) mass is 334 g/mol. The van der Waals surface area contributed by atoms with E-state index in [1.807, 2.05) is 19.1 Å². The van der Waals surface area contributed by atoms with E-state index in [2.05, 4.69) is 59.7 Å². The van der Waals surface area contributed by atoms with Crippen LogP contribution in [0.25, 0.3) is 0 Å². The van der Waals surface area contributed by atoms with E-state index in [1.54, 1.807) is 6.07 Å². The highest BCUT2D eigenvalue weighted by Crippen LogP contribution is 2.29. The van der Waals surface area contributed by atoms with Crippen molar-refractivity contribution in [1.29, 1.82) is 0 Å². The lowest BCUT2D eigenvalue weighted by Gasteiger charge is -2.18. The minimum atomic E-state index is -0.121. The summed E-state index contributed by atoms with van der Waals surface area (Å²) in [4.78, 5) is 8.92. The predicted octanol–water partition coefficient (Wildman–Crippen LogP) is 4.95. The Morgan fingerprint density at radius 1 is 1.10 bits per heavy atom. The first-order valence-electron chi connectivity index (χ1n) is 6.56. The van der Waals surface area contributed by atoms with Crippen molar-refractivity contribution >= 4 is 15.9 Å². The van der Waals surface area contributed by atoms with Crippen molar-refractivity contribution in [2.45, 2.75) is 40.0 Å². The molecule has 0 aliphatic heterocycles. The van der Waals surface area contributed by atoms with Crippen LogP contribution in [0.4, 0.5) is 0 Å². The molecule has 0 fully saturated rings. The molecule has 0 atom stereocenters. The SMILES string of the molecule is Cc1cccc(Oc2cc(Br)nc(C(C)(C)C)n2)c1C.